The maximum absolute atomic E-state index is 10.8. The van der Waals surface area contributed by atoms with Crippen molar-refractivity contribution in [3.63, 3.8) is 0 Å². The highest BCUT2D eigenvalue weighted by Gasteiger charge is 2.17. The van der Waals surface area contributed by atoms with Crippen molar-refractivity contribution in [1.29, 1.82) is 0 Å². The summed E-state index contributed by atoms with van der Waals surface area (Å²) in [6, 6.07) is 8.24. The molecule has 0 saturated carbocycles. The molecular weight excluding hydrogens is 260 g/mol. The highest BCUT2D eigenvalue weighted by Crippen LogP contribution is 2.32. The lowest BCUT2D eigenvalue weighted by molar-refractivity contribution is 0.218. The molecule has 112 valence electrons. The molecule has 0 amide bonds. The lowest BCUT2D eigenvalue weighted by Gasteiger charge is -2.19. The molecule has 1 unspecified atom stereocenters. The van der Waals surface area contributed by atoms with Gasteiger partial charge in [-0.05, 0) is 85.7 Å². The van der Waals surface area contributed by atoms with Gasteiger partial charge in [0, 0.05) is 0 Å². The van der Waals surface area contributed by atoms with Gasteiger partial charge in [0.1, 0.15) is 11.9 Å². The maximum Gasteiger partial charge on any atom is 0.122 e. The first-order valence-corrected chi connectivity index (χ1v) is 7.26. The molecule has 0 aliphatic heterocycles. The molecule has 1 atom stereocenters. The molecule has 0 aliphatic rings. The first-order chi connectivity index (χ1) is 9.85. The molecule has 0 saturated heterocycles. The summed E-state index contributed by atoms with van der Waals surface area (Å²) in [6.07, 6.45) is -0.603. The molecule has 0 heterocycles. The predicted molar refractivity (Wildman–Crippen MR) is 87.2 cm³/mol. The molecule has 2 heteroatoms. The third-order valence-electron chi connectivity index (χ3n) is 4.26. The molecule has 0 aliphatic carbocycles. The average molecular weight is 284 g/mol. The molecule has 0 aromatic heterocycles. The molecule has 2 aromatic rings. The molecule has 0 bridgehead atoms. The van der Waals surface area contributed by atoms with Crippen LogP contribution in [0.5, 0.6) is 5.75 Å². The fourth-order valence-electron chi connectivity index (χ4n) is 2.77. The van der Waals surface area contributed by atoms with Crippen LogP contribution in [0.4, 0.5) is 0 Å². The van der Waals surface area contributed by atoms with Gasteiger partial charge in [0.25, 0.3) is 0 Å². The second kappa shape index (κ2) is 5.90. The van der Waals surface area contributed by atoms with Gasteiger partial charge in [-0.15, -0.1) is 0 Å². The van der Waals surface area contributed by atoms with E-state index in [1.807, 2.05) is 26.0 Å². The fraction of sp³-hybridized carbons (Fsp3) is 0.368. The Morgan fingerprint density at radius 3 is 1.76 bits per heavy atom. The number of rotatable bonds is 3. The summed E-state index contributed by atoms with van der Waals surface area (Å²) in [7, 11) is 1.67. The van der Waals surface area contributed by atoms with Crippen molar-refractivity contribution in [3.05, 3.63) is 63.2 Å². The summed E-state index contributed by atoms with van der Waals surface area (Å²) in [5.74, 6) is 0.861. The minimum absolute atomic E-state index is 0.603. The molecule has 2 rings (SSSR count). The van der Waals surface area contributed by atoms with Gasteiger partial charge in [-0.3, -0.25) is 0 Å². The van der Waals surface area contributed by atoms with Crippen molar-refractivity contribution < 1.29 is 9.84 Å². The molecular formula is C19H24O2. The van der Waals surface area contributed by atoms with Gasteiger partial charge in [0.05, 0.1) is 7.11 Å². The molecule has 2 nitrogen and oxygen atoms in total. The van der Waals surface area contributed by atoms with Crippen LogP contribution in [-0.2, 0) is 0 Å². The Labute approximate surface area is 127 Å². The van der Waals surface area contributed by atoms with E-state index in [1.165, 1.54) is 11.1 Å². The van der Waals surface area contributed by atoms with Crippen LogP contribution in [0, 0.1) is 34.6 Å². The largest absolute Gasteiger partial charge is 0.496 e. The summed E-state index contributed by atoms with van der Waals surface area (Å²) in [5, 5.41) is 10.8. The number of benzene rings is 2. The minimum atomic E-state index is -0.603. The van der Waals surface area contributed by atoms with Crippen LogP contribution in [0.2, 0.25) is 0 Å². The van der Waals surface area contributed by atoms with E-state index >= 15 is 0 Å². The number of hydrogen-bond acceptors (Lipinski definition) is 2. The van der Waals surface area contributed by atoms with E-state index in [0.717, 1.165) is 33.6 Å². The monoisotopic (exact) mass is 284 g/mol. The number of aliphatic hydroxyl groups is 1. The van der Waals surface area contributed by atoms with Crippen molar-refractivity contribution in [2.24, 2.45) is 0 Å². The Morgan fingerprint density at radius 1 is 0.714 bits per heavy atom. The van der Waals surface area contributed by atoms with E-state index < -0.39 is 6.10 Å². The zero-order valence-electron chi connectivity index (χ0n) is 13.7. The van der Waals surface area contributed by atoms with Gasteiger partial charge in [-0.1, -0.05) is 12.1 Å². The van der Waals surface area contributed by atoms with Crippen molar-refractivity contribution in [3.8, 4) is 5.75 Å². The summed E-state index contributed by atoms with van der Waals surface area (Å²) in [4.78, 5) is 0. The summed E-state index contributed by atoms with van der Waals surface area (Å²) >= 11 is 0. The first-order valence-electron chi connectivity index (χ1n) is 7.26. The Bertz CT molecular complexity index is 672. The van der Waals surface area contributed by atoms with E-state index in [-0.39, 0.29) is 0 Å². The van der Waals surface area contributed by atoms with E-state index in [2.05, 4.69) is 32.9 Å². The highest BCUT2D eigenvalue weighted by atomic mass is 16.5. The van der Waals surface area contributed by atoms with E-state index in [9.17, 15) is 5.11 Å². The van der Waals surface area contributed by atoms with Crippen molar-refractivity contribution in [2.75, 3.05) is 7.11 Å². The number of ether oxygens (including phenoxy) is 1. The van der Waals surface area contributed by atoms with Crippen molar-refractivity contribution in [1.82, 2.24) is 0 Å². The third-order valence-corrected chi connectivity index (χ3v) is 4.26. The molecule has 21 heavy (non-hydrogen) atoms. The number of methoxy groups -OCH3 is 1. The Morgan fingerprint density at radius 2 is 1.19 bits per heavy atom. The van der Waals surface area contributed by atoms with Crippen molar-refractivity contribution in [2.45, 2.75) is 40.7 Å². The average Bonchev–Trinajstić information content (AvgIpc) is 2.44. The zero-order chi connectivity index (χ0) is 15.7. The van der Waals surface area contributed by atoms with E-state index in [0.29, 0.717) is 0 Å². The van der Waals surface area contributed by atoms with Crippen LogP contribution >= 0.6 is 0 Å². The highest BCUT2D eigenvalue weighted by molar-refractivity contribution is 5.47. The number of aryl methyl sites for hydroxylation is 5. The van der Waals surface area contributed by atoms with E-state index in [1.54, 1.807) is 7.11 Å². The summed E-state index contributed by atoms with van der Waals surface area (Å²) in [6.45, 7) is 10.2. The molecule has 0 fully saturated rings. The standard InChI is InChI=1S/C19H24O2/c1-11-7-13(3)16(8-12(11)2)19(20)17-9-15(5)18(21-6)10-14(17)4/h7-10,19-20H,1-6H3. The first kappa shape index (κ1) is 15.6. The zero-order valence-corrected chi connectivity index (χ0v) is 13.7. The lowest BCUT2D eigenvalue weighted by Crippen LogP contribution is -2.06. The summed E-state index contributed by atoms with van der Waals surface area (Å²) in [5.41, 5.74) is 7.59. The quantitative estimate of drug-likeness (QED) is 0.909. The van der Waals surface area contributed by atoms with Gasteiger partial charge in [-0.25, -0.2) is 0 Å². The second-order valence-corrected chi connectivity index (χ2v) is 5.87. The molecule has 1 N–H and O–H groups in total. The predicted octanol–water partition coefficient (Wildman–Crippen LogP) is 4.32. The lowest BCUT2D eigenvalue weighted by atomic mass is 9.90. The smallest absolute Gasteiger partial charge is 0.122 e. The van der Waals surface area contributed by atoms with Gasteiger partial charge >= 0.3 is 0 Å². The topological polar surface area (TPSA) is 29.5 Å². The molecule has 2 aromatic carbocycles. The number of hydrogen-bond donors (Lipinski definition) is 1. The third kappa shape index (κ3) is 2.96. The van der Waals surface area contributed by atoms with Gasteiger partial charge < -0.3 is 9.84 Å². The molecule has 0 radical (unpaired) electrons. The SMILES string of the molecule is COc1cc(C)c(C(O)c2cc(C)c(C)cc2C)cc1C. The second-order valence-electron chi connectivity index (χ2n) is 5.87. The van der Waals surface area contributed by atoms with Crippen LogP contribution < -0.4 is 4.74 Å². The van der Waals surface area contributed by atoms with Crippen LogP contribution in [0.1, 0.15) is 45.0 Å². The van der Waals surface area contributed by atoms with Crippen molar-refractivity contribution >= 4 is 0 Å². The Kier molecular flexibility index (Phi) is 4.38. The Balaban J connectivity index is 2.52. The van der Waals surface area contributed by atoms with Gasteiger partial charge in [-0.2, -0.15) is 0 Å². The number of aliphatic hydroxyl groups excluding tert-OH is 1. The molecule has 0 spiro atoms. The fourth-order valence-corrected chi connectivity index (χ4v) is 2.77. The normalized spacial score (nSPS) is 12.3. The van der Waals surface area contributed by atoms with Crippen LogP contribution in [0.15, 0.2) is 24.3 Å². The van der Waals surface area contributed by atoms with Crippen LogP contribution in [0.3, 0.4) is 0 Å². The summed E-state index contributed by atoms with van der Waals surface area (Å²) < 4.78 is 5.34. The van der Waals surface area contributed by atoms with Gasteiger partial charge in [0.2, 0.25) is 0 Å². The van der Waals surface area contributed by atoms with Crippen LogP contribution in [0.25, 0.3) is 0 Å². The van der Waals surface area contributed by atoms with E-state index in [4.69, 9.17) is 4.74 Å². The van der Waals surface area contributed by atoms with Crippen LogP contribution in [-0.4, -0.2) is 12.2 Å². The maximum atomic E-state index is 10.8. The van der Waals surface area contributed by atoms with Gasteiger partial charge in [0.15, 0.2) is 0 Å². The minimum Gasteiger partial charge on any atom is -0.496 e. The Hall–Kier alpha value is -1.80.